The van der Waals surface area contributed by atoms with Crippen molar-refractivity contribution in [2.24, 2.45) is 0 Å². The third-order valence-electron chi connectivity index (χ3n) is 3.02. The Morgan fingerprint density at radius 2 is 2.24 bits per heavy atom. The van der Waals surface area contributed by atoms with E-state index in [1.54, 1.807) is 25.3 Å². The fourth-order valence-corrected chi connectivity index (χ4v) is 3.53. The first-order chi connectivity index (χ1) is 10.1. The number of benzene rings is 1. The van der Waals surface area contributed by atoms with Crippen molar-refractivity contribution in [2.45, 2.75) is 25.0 Å². The van der Waals surface area contributed by atoms with Crippen LogP contribution in [0.1, 0.15) is 22.8 Å². The molecule has 0 radical (unpaired) electrons. The monoisotopic (exact) mass is 327 g/mol. The van der Waals surface area contributed by atoms with Gasteiger partial charge < -0.3 is 13.9 Å². The van der Waals surface area contributed by atoms with Gasteiger partial charge in [-0.2, -0.15) is 0 Å². The summed E-state index contributed by atoms with van der Waals surface area (Å²) >= 11 is 6.09. The highest BCUT2D eigenvalue weighted by Gasteiger charge is 2.18. The van der Waals surface area contributed by atoms with Gasteiger partial charge in [0.05, 0.1) is 18.6 Å². The van der Waals surface area contributed by atoms with Gasteiger partial charge in [-0.25, -0.2) is 4.98 Å². The summed E-state index contributed by atoms with van der Waals surface area (Å²) in [5.41, 5.74) is 1.70. The number of oxazole rings is 1. The molecule has 1 aliphatic heterocycles. The molecule has 0 bridgehead atoms. The minimum absolute atomic E-state index is 0.202. The maximum absolute atomic E-state index is 12.3. The van der Waals surface area contributed by atoms with Crippen molar-refractivity contribution in [2.75, 3.05) is 6.79 Å². The second-order valence-electron chi connectivity index (χ2n) is 4.76. The molecule has 0 aliphatic carbocycles. The van der Waals surface area contributed by atoms with E-state index < -0.39 is 10.8 Å². The van der Waals surface area contributed by atoms with Crippen LogP contribution in [-0.2, 0) is 33.6 Å². The lowest BCUT2D eigenvalue weighted by atomic mass is 10.1. The highest BCUT2D eigenvalue weighted by Crippen LogP contribution is 2.32. The largest absolute Gasteiger partial charge is 0.467 e. The molecule has 0 fully saturated rings. The Bertz CT molecular complexity index is 686. The maximum Gasteiger partial charge on any atom is 0.206 e. The van der Waals surface area contributed by atoms with E-state index in [-0.39, 0.29) is 12.5 Å². The van der Waals surface area contributed by atoms with Crippen molar-refractivity contribution in [1.82, 2.24) is 4.98 Å². The summed E-state index contributed by atoms with van der Waals surface area (Å²) in [6, 6.07) is 3.59. The van der Waals surface area contributed by atoms with Crippen LogP contribution in [0, 0.1) is 6.92 Å². The van der Waals surface area contributed by atoms with Crippen LogP contribution in [0.4, 0.5) is 0 Å². The number of ether oxygens (including phenoxy) is 2. The van der Waals surface area contributed by atoms with Crippen LogP contribution < -0.4 is 4.74 Å². The first kappa shape index (κ1) is 14.6. The van der Waals surface area contributed by atoms with E-state index in [1.165, 1.54) is 0 Å². The summed E-state index contributed by atoms with van der Waals surface area (Å²) < 4.78 is 28.4. The second kappa shape index (κ2) is 6.17. The minimum Gasteiger partial charge on any atom is -0.467 e. The predicted octanol–water partition coefficient (Wildman–Crippen LogP) is 2.95. The van der Waals surface area contributed by atoms with Gasteiger partial charge in [-0.3, -0.25) is 4.21 Å². The molecule has 2 aromatic rings. The van der Waals surface area contributed by atoms with E-state index in [0.717, 1.165) is 16.9 Å². The molecule has 1 aromatic carbocycles. The van der Waals surface area contributed by atoms with Crippen LogP contribution in [0.2, 0.25) is 5.02 Å². The number of hydrogen-bond acceptors (Lipinski definition) is 5. The Morgan fingerprint density at radius 3 is 3.00 bits per heavy atom. The van der Waals surface area contributed by atoms with E-state index >= 15 is 0 Å². The molecule has 0 saturated carbocycles. The highest BCUT2D eigenvalue weighted by molar-refractivity contribution is 7.83. The lowest BCUT2D eigenvalue weighted by Gasteiger charge is -2.20. The number of rotatable bonds is 4. The van der Waals surface area contributed by atoms with Gasteiger partial charge in [0.25, 0.3) is 0 Å². The van der Waals surface area contributed by atoms with Gasteiger partial charge in [0, 0.05) is 26.9 Å². The summed E-state index contributed by atoms with van der Waals surface area (Å²) in [5, 5.41) is 0.585. The average molecular weight is 328 g/mol. The lowest BCUT2D eigenvalue weighted by Crippen LogP contribution is -2.14. The molecule has 1 aromatic heterocycles. The van der Waals surface area contributed by atoms with Crippen molar-refractivity contribution in [3.63, 3.8) is 0 Å². The topological polar surface area (TPSA) is 61.6 Å². The molecule has 112 valence electrons. The second-order valence-corrected chi connectivity index (χ2v) is 6.65. The quantitative estimate of drug-likeness (QED) is 0.864. The van der Waals surface area contributed by atoms with Crippen LogP contribution >= 0.6 is 11.6 Å². The van der Waals surface area contributed by atoms with Gasteiger partial charge in [0.2, 0.25) is 5.89 Å². The molecule has 0 saturated heterocycles. The number of aromatic nitrogens is 1. The zero-order valence-corrected chi connectivity index (χ0v) is 13.0. The zero-order chi connectivity index (χ0) is 14.8. The molecule has 1 aliphatic rings. The molecule has 7 heteroatoms. The Balaban J connectivity index is 1.78. The van der Waals surface area contributed by atoms with E-state index in [9.17, 15) is 4.21 Å². The van der Waals surface area contributed by atoms with Gasteiger partial charge in [-0.05, 0) is 19.1 Å². The molecule has 0 unspecified atom stereocenters. The molecule has 1 atom stereocenters. The van der Waals surface area contributed by atoms with Crippen LogP contribution in [0.15, 0.2) is 22.7 Å². The van der Waals surface area contributed by atoms with Gasteiger partial charge in [0.1, 0.15) is 17.3 Å². The van der Waals surface area contributed by atoms with Crippen LogP contribution in [0.25, 0.3) is 0 Å². The molecule has 21 heavy (non-hydrogen) atoms. The third-order valence-corrected chi connectivity index (χ3v) is 4.44. The van der Waals surface area contributed by atoms with Crippen LogP contribution in [0.3, 0.4) is 0 Å². The van der Waals surface area contributed by atoms with Crippen molar-refractivity contribution in [3.8, 4) is 5.75 Å². The van der Waals surface area contributed by atoms with Crippen molar-refractivity contribution >= 4 is 22.4 Å². The number of nitrogens with zero attached hydrogens (tertiary/aromatic N) is 1. The third kappa shape index (κ3) is 3.45. The fraction of sp³-hybridized carbons (Fsp3) is 0.357. The number of aryl methyl sites for hydroxylation is 1. The van der Waals surface area contributed by atoms with Crippen LogP contribution in [0.5, 0.6) is 5.75 Å². The molecule has 5 nitrogen and oxygen atoms in total. The minimum atomic E-state index is -1.15. The Labute approximate surface area is 129 Å². The molecule has 3 rings (SSSR count). The van der Waals surface area contributed by atoms with Gasteiger partial charge in [-0.15, -0.1) is 0 Å². The molecular weight excluding hydrogens is 314 g/mol. The molecular formula is C14H14ClNO4S. The Hall–Kier alpha value is -1.37. The Kier molecular flexibility index (Phi) is 4.28. The first-order valence-electron chi connectivity index (χ1n) is 6.40. The van der Waals surface area contributed by atoms with Crippen LogP contribution in [-0.4, -0.2) is 16.0 Å². The van der Waals surface area contributed by atoms with Gasteiger partial charge in [0.15, 0.2) is 6.79 Å². The summed E-state index contributed by atoms with van der Waals surface area (Å²) in [6.07, 6.45) is 1.62. The molecule has 0 amide bonds. The number of fused-ring (bicyclic) bond motifs is 1. The highest BCUT2D eigenvalue weighted by atomic mass is 35.5. The van der Waals surface area contributed by atoms with Crippen molar-refractivity contribution in [3.05, 3.63) is 46.1 Å². The Morgan fingerprint density at radius 1 is 1.38 bits per heavy atom. The normalized spacial score (nSPS) is 15.3. The lowest BCUT2D eigenvalue weighted by molar-refractivity contribution is -0.0169. The van der Waals surface area contributed by atoms with E-state index in [2.05, 4.69) is 4.98 Å². The molecule has 0 N–H and O–H groups in total. The smallest absolute Gasteiger partial charge is 0.206 e. The SMILES string of the molecule is Cc1cnc(C[S@](=O)Cc2cc(Cl)cc3c2OCOC3)o1. The summed E-state index contributed by atoms with van der Waals surface area (Å²) in [5.74, 6) is 2.52. The van der Waals surface area contributed by atoms with E-state index in [0.29, 0.717) is 29.0 Å². The van der Waals surface area contributed by atoms with Gasteiger partial charge >= 0.3 is 0 Å². The van der Waals surface area contributed by atoms with Gasteiger partial charge in [-0.1, -0.05) is 11.6 Å². The summed E-state index contributed by atoms with van der Waals surface area (Å²) in [4.78, 5) is 4.07. The maximum atomic E-state index is 12.3. The van der Waals surface area contributed by atoms with E-state index in [1.807, 2.05) is 0 Å². The number of halogens is 1. The number of hydrogen-bond donors (Lipinski definition) is 0. The fourth-order valence-electron chi connectivity index (χ4n) is 2.19. The van der Waals surface area contributed by atoms with E-state index in [4.69, 9.17) is 25.5 Å². The average Bonchev–Trinajstić information content (AvgIpc) is 2.83. The summed E-state index contributed by atoms with van der Waals surface area (Å²) in [7, 11) is -1.15. The standard InChI is InChI=1S/C14H14ClNO4S/c1-9-4-16-13(20-9)7-21(17)6-11-3-12(15)2-10-5-18-8-19-14(10)11/h2-4H,5-8H2,1H3/t21-/m1/s1. The molecule has 0 spiro atoms. The predicted molar refractivity (Wildman–Crippen MR) is 78.5 cm³/mol. The van der Waals surface area contributed by atoms with Crippen molar-refractivity contribution < 1.29 is 18.1 Å². The zero-order valence-electron chi connectivity index (χ0n) is 11.4. The van der Waals surface area contributed by atoms with Crippen molar-refractivity contribution in [1.29, 1.82) is 0 Å². The molecule has 2 heterocycles. The first-order valence-corrected chi connectivity index (χ1v) is 8.26. The summed E-state index contributed by atoms with van der Waals surface area (Å²) in [6.45, 7) is 2.46.